The fourth-order valence-electron chi connectivity index (χ4n) is 2.93. The minimum atomic E-state index is -0.592. The highest BCUT2D eigenvalue weighted by molar-refractivity contribution is 7.17. The van der Waals surface area contributed by atoms with Gasteiger partial charge in [-0.1, -0.05) is 16.7 Å². The van der Waals surface area contributed by atoms with Gasteiger partial charge in [-0.15, -0.1) is 5.10 Å². The first-order chi connectivity index (χ1) is 16.3. The first kappa shape index (κ1) is 23.3. The van der Waals surface area contributed by atoms with E-state index in [1.54, 1.807) is 7.05 Å². The molecule has 0 aliphatic carbocycles. The van der Waals surface area contributed by atoms with E-state index in [0.717, 1.165) is 17.5 Å². The summed E-state index contributed by atoms with van der Waals surface area (Å²) in [5.41, 5.74) is 1.08. The van der Waals surface area contributed by atoms with Crippen LogP contribution in [0.2, 0.25) is 5.15 Å². The van der Waals surface area contributed by atoms with E-state index in [4.69, 9.17) is 21.1 Å². The number of methoxy groups -OCH3 is 1. The van der Waals surface area contributed by atoms with Gasteiger partial charge < -0.3 is 14.0 Å². The lowest BCUT2D eigenvalue weighted by Gasteiger charge is -2.13. The predicted octanol–water partition coefficient (Wildman–Crippen LogP) is 3.33. The van der Waals surface area contributed by atoms with Gasteiger partial charge in [-0.3, -0.25) is 19.9 Å². The van der Waals surface area contributed by atoms with Crippen molar-refractivity contribution in [2.75, 3.05) is 12.4 Å². The van der Waals surface area contributed by atoms with Crippen molar-refractivity contribution in [2.45, 2.75) is 6.61 Å². The molecule has 4 aromatic heterocycles. The van der Waals surface area contributed by atoms with Crippen molar-refractivity contribution in [1.29, 1.82) is 0 Å². The van der Waals surface area contributed by atoms with Crippen molar-refractivity contribution in [3.05, 3.63) is 75.4 Å². The number of rotatable bonds is 7. The number of ether oxygens (including phenoxy) is 2. The number of nitrogens with zero attached hydrogens (tertiary/aromatic N) is 5. The Labute approximate surface area is 201 Å². The average Bonchev–Trinajstić information content (AvgIpc) is 3.27. The third-order valence-electron chi connectivity index (χ3n) is 4.58. The maximum atomic E-state index is 13.1. The highest BCUT2D eigenvalue weighted by Gasteiger charge is 2.20. The van der Waals surface area contributed by atoms with Gasteiger partial charge in [0.15, 0.2) is 0 Å². The summed E-state index contributed by atoms with van der Waals surface area (Å²) in [4.78, 5) is 33.2. The number of aryl methyl sites for hydroxylation is 1. The van der Waals surface area contributed by atoms with Crippen LogP contribution in [0.3, 0.4) is 0 Å². The number of carbonyl (C=O) groups excluding carboxylic acids is 1. The Hall–Kier alpha value is -3.90. The number of hydrogen-bond acceptors (Lipinski definition) is 9. The molecule has 4 heterocycles. The molecular weight excluding hydrogens is 487 g/mol. The molecule has 1 N–H and O–H groups in total. The van der Waals surface area contributed by atoms with Crippen LogP contribution in [0.15, 0.2) is 47.7 Å². The fourth-order valence-corrected chi connectivity index (χ4v) is 3.68. The molecule has 0 spiro atoms. The highest BCUT2D eigenvalue weighted by atomic mass is 35.5. The first-order valence-corrected chi connectivity index (χ1v) is 10.8. The van der Waals surface area contributed by atoms with E-state index in [1.165, 1.54) is 48.3 Å². The number of halogens is 2. The molecule has 0 saturated heterocycles. The lowest BCUT2D eigenvalue weighted by molar-refractivity contribution is 0.102. The Morgan fingerprint density at radius 2 is 2.03 bits per heavy atom. The zero-order valence-corrected chi connectivity index (χ0v) is 19.4. The molecule has 10 nitrogen and oxygen atoms in total. The Bertz CT molecular complexity index is 1410. The van der Waals surface area contributed by atoms with Crippen LogP contribution in [0.4, 0.5) is 9.52 Å². The van der Waals surface area contributed by atoms with Gasteiger partial charge in [-0.2, -0.15) is 0 Å². The van der Waals surface area contributed by atoms with Crippen LogP contribution in [0.5, 0.6) is 10.9 Å². The molecule has 0 radical (unpaired) electrons. The molecule has 1 amide bonds. The number of hydrogen-bond donors (Lipinski definition) is 1. The van der Waals surface area contributed by atoms with E-state index >= 15 is 0 Å². The quantitative estimate of drug-likeness (QED) is 0.382. The molecule has 4 rings (SSSR count). The van der Waals surface area contributed by atoms with E-state index in [1.807, 2.05) is 0 Å². The number of aromatic nitrogens is 5. The van der Waals surface area contributed by atoms with Crippen molar-refractivity contribution >= 4 is 34.0 Å². The summed E-state index contributed by atoms with van der Waals surface area (Å²) in [5, 5.41) is 10.9. The van der Waals surface area contributed by atoms with Gasteiger partial charge in [-0.05, 0) is 29.5 Å². The van der Waals surface area contributed by atoms with Gasteiger partial charge in [0.2, 0.25) is 5.13 Å². The number of nitrogens with one attached hydrogen (secondary N) is 1. The van der Waals surface area contributed by atoms with E-state index < -0.39 is 11.7 Å². The van der Waals surface area contributed by atoms with Gasteiger partial charge in [0.25, 0.3) is 16.7 Å². The second-order valence-corrected chi connectivity index (χ2v) is 8.17. The molecule has 0 bridgehead atoms. The molecular formula is C21H16ClFN6O4S. The molecule has 13 heteroatoms. The van der Waals surface area contributed by atoms with Crippen molar-refractivity contribution in [2.24, 2.45) is 7.05 Å². The maximum Gasteiger partial charge on any atom is 0.296 e. The summed E-state index contributed by atoms with van der Waals surface area (Å²) in [6.07, 6.45) is 4.02. The average molecular weight is 503 g/mol. The Balaban J connectivity index is 1.57. The summed E-state index contributed by atoms with van der Waals surface area (Å²) in [7, 11) is 3.02. The van der Waals surface area contributed by atoms with E-state index in [9.17, 15) is 14.0 Å². The molecule has 0 unspecified atom stereocenters. The lowest BCUT2D eigenvalue weighted by Crippen LogP contribution is -2.21. The van der Waals surface area contributed by atoms with Crippen molar-refractivity contribution in [3.63, 3.8) is 0 Å². The summed E-state index contributed by atoms with van der Waals surface area (Å²) in [5.74, 6) is -0.671. The van der Waals surface area contributed by atoms with Crippen LogP contribution >= 0.6 is 22.9 Å². The van der Waals surface area contributed by atoms with E-state index in [-0.39, 0.29) is 33.2 Å². The summed E-state index contributed by atoms with van der Waals surface area (Å²) < 4.78 is 25.1. The largest absolute Gasteiger partial charge is 0.494 e. The summed E-state index contributed by atoms with van der Waals surface area (Å²) in [6, 6.07) is 5.49. The van der Waals surface area contributed by atoms with Crippen LogP contribution in [-0.2, 0) is 13.7 Å². The zero-order chi connectivity index (χ0) is 24.2. The number of amides is 1. The zero-order valence-electron chi connectivity index (χ0n) is 17.8. The van der Waals surface area contributed by atoms with Crippen molar-refractivity contribution in [3.8, 4) is 22.1 Å². The van der Waals surface area contributed by atoms with Gasteiger partial charge in [-0.25, -0.2) is 9.37 Å². The molecule has 34 heavy (non-hydrogen) atoms. The molecule has 0 aliphatic rings. The van der Waals surface area contributed by atoms with Crippen LogP contribution < -0.4 is 20.3 Å². The van der Waals surface area contributed by atoms with Gasteiger partial charge in [0.1, 0.15) is 23.3 Å². The predicted molar refractivity (Wildman–Crippen MR) is 123 cm³/mol. The third-order valence-corrected chi connectivity index (χ3v) is 5.53. The van der Waals surface area contributed by atoms with Gasteiger partial charge in [0.05, 0.1) is 30.8 Å². The van der Waals surface area contributed by atoms with E-state index in [0.29, 0.717) is 22.6 Å². The van der Waals surface area contributed by atoms with Crippen molar-refractivity contribution in [1.82, 2.24) is 24.7 Å². The monoisotopic (exact) mass is 502 g/mol. The third kappa shape index (κ3) is 5.18. The molecule has 0 aromatic carbocycles. The summed E-state index contributed by atoms with van der Waals surface area (Å²) in [6.45, 7) is 0.0460. The van der Waals surface area contributed by atoms with Gasteiger partial charge >= 0.3 is 0 Å². The minimum absolute atomic E-state index is 0.0460. The topological polar surface area (TPSA) is 121 Å². The Morgan fingerprint density at radius 1 is 1.21 bits per heavy atom. The van der Waals surface area contributed by atoms with Crippen LogP contribution in [0, 0.1) is 5.82 Å². The second-order valence-electron chi connectivity index (χ2n) is 6.84. The molecule has 0 fully saturated rings. The molecule has 0 atom stereocenters. The standard InChI is InChI=1S/C21H16ClFN6O4S/c1-29-9-15(13-5-17(22)25-8-16(13)32-2)14(6-18(29)30)19(31)26-20-27-28-21(34-20)33-10-12-4-3-11(23)7-24-12/h3-9H,10H2,1-2H3,(H,26,27,31). The number of pyridine rings is 3. The molecule has 4 aromatic rings. The maximum absolute atomic E-state index is 13.1. The fraction of sp³-hybridized carbons (Fsp3) is 0.143. The Morgan fingerprint density at radius 3 is 2.76 bits per heavy atom. The Kier molecular flexibility index (Phi) is 6.80. The first-order valence-electron chi connectivity index (χ1n) is 9.62. The summed E-state index contributed by atoms with van der Waals surface area (Å²) >= 11 is 7.03. The van der Waals surface area contributed by atoms with Crippen LogP contribution in [0.25, 0.3) is 11.1 Å². The molecule has 0 saturated carbocycles. The molecule has 0 aliphatic heterocycles. The second kappa shape index (κ2) is 9.93. The van der Waals surface area contributed by atoms with Crippen molar-refractivity contribution < 1.29 is 18.7 Å². The smallest absolute Gasteiger partial charge is 0.296 e. The highest BCUT2D eigenvalue weighted by Crippen LogP contribution is 2.33. The molecule has 174 valence electrons. The van der Waals surface area contributed by atoms with E-state index in [2.05, 4.69) is 25.5 Å². The van der Waals surface area contributed by atoms with Crippen LogP contribution in [0.1, 0.15) is 16.1 Å². The van der Waals surface area contributed by atoms with Crippen LogP contribution in [-0.4, -0.2) is 37.7 Å². The lowest BCUT2D eigenvalue weighted by atomic mass is 10.0. The minimum Gasteiger partial charge on any atom is -0.494 e. The van der Waals surface area contributed by atoms with Gasteiger partial charge in [0, 0.05) is 30.4 Å². The normalized spacial score (nSPS) is 10.7. The number of carbonyl (C=O) groups is 1. The SMILES string of the molecule is COc1cnc(Cl)cc1-c1cn(C)c(=O)cc1C(=O)Nc1nnc(OCc2ccc(F)cn2)s1. The number of anilines is 1.